The summed E-state index contributed by atoms with van der Waals surface area (Å²) < 4.78 is 2.63. The number of benzene rings is 1. The number of thioether (sulfide) groups is 1. The predicted molar refractivity (Wildman–Crippen MR) is 99.0 cm³/mol. The number of nitro benzene ring substituents is 1. The Kier molecular flexibility index (Phi) is 4.81. The van der Waals surface area contributed by atoms with Crippen LogP contribution >= 0.6 is 11.8 Å². The van der Waals surface area contributed by atoms with Crippen molar-refractivity contribution >= 4 is 40.1 Å². The van der Waals surface area contributed by atoms with Gasteiger partial charge in [0.2, 0.25) is 5.91 Å². The van der Waals surface area contributed by atoms with Crippen LogP contribution in [0.4, 0.5) is 11.4 Å². The van der Waals surface area contributed by atoms with Crippen molar-refractivity contribution in [2.75, 3.05) is 11.1 Å². The normalized spacial score (nSPS) is 10.9. The molecule has 2 aromatic heterocycles. The maximum atomic E-state index is 12.2. The molecule has 2 heterocycles. The molecule has 0 bridgehead atoms. The molecule has 1 amide bonds. The number of hydrogen-bond acceptors (Lipinski definition) is 7. The van der Waals surface area contributed by atoms with Gasteiger partial charge < -0.3 is 10.3 Å². The zero-order valence-corrected chi connectivity index (χ0v) is 15.1. The predicted octanol–water partition coefficient (Wildman–Crippen LogP) is 0.599. The van der Waals surface area contributed by atoms with Gasteiger partial charge in [-0.05, 0) is 6.07 Å². The van der Waals surface area contributed by atoms with Crippen molar-refractivity contribution < 1.29 is 9.72 Å². The Labute approximate surface area is 155 Å². The molecular weight excluding hydrogens is 376 g/mol. The van der Waals surface area contributed by atoms with Crippen molar-refractivity contribution in [3.05, 3.63) is 55.3 Å². The van der Waals surface area contributed by atoms with Gasteiger partial charge in [-0.1, -0.05) is 11.8 Å². The van der Waals surface area contributed by atoms with E-state index >= 15 is 0 Å². The van der Waals surface area contributed by atoms with Gasteiger partial charge >= 0.3 is 5.69 Å². The Bertz CT molecular complexity index is 1180. The molecule has 0 aliphatic heterocycles. The summed E-state index contributed by atoms with van der Waals surface area (Å²) in [6.07, 6.45) is 1.31. The average molecular weight is 390 g/mol. The molecule has 0 unspecified atom stereocenters. The summed E-state index contributed by atoms with van der Waals surface area (Å²) in [4.78, 5) is 52.5. The van der Waals surface area contributed by atoms with E-state index < -0.39 is 10.8 Å². The second-order valence-electron chi connectivity index (χ2n) is 5.59. The number of fused-ring (bicyclic) bond motifs is 1. The van der Waals surface area contributed by atoms with E-state index in [-0.39, 0.29) is 33.5 Å². The van der Waals surface area contributed by atoms with E-state index in [1.54, 1.807) is 0 Å². The molecule has 0 fully saturated rings. The first kappa shape index (κ1) is 18.4. The highest BCUT2D eigenvalue weighted by atomic mass is 32.2. The molecule has 0 spiro atoms. The number of carbonyl (C=O) groups is 1. The van der Waals surface area contributed by atoms with Gasteiger partial charge in [0, 0.05) is 32.4 Å². The molecule has 140 valence electrons. The topological polar surface area (TPSA) is 145 Å². The number of anilines is 1. The number of hydrogen-bond donors (Lipinski definition) is 2. The number of imidazole rings is 1. The van der Waals surface area contributed by atoms with Gasteiger partial charge in [-0.25, -0.2) is 9.78 Å². The van der Waals surface area contributed by atoms with Gasteiger partial charge in [0.1, 0.15) is 5.69 Å². The van der Waals surface area contributed by atoms with Crippen LogP contribution in [0, 0.1) is 10.1 Å². The number of rotatable bonds is 5. The van der Waals surface area contributed by atoms with Crippen LogP contribution in [0.3, 0.4) is 0 Å². The SMILES string of the molecule is Cn1c(=O)n(C)c2cc([N+](=O)[O-])c(NC(=O)CSc3nccc(=O)[nH]3)cc21. The lowest BCUT2D eigenvalue weighted by Crippen LogP contribution is -2.19. The highest BCUT2D eigenvalue weighted by molar-refractivity contribution is 7.99. The fraction of sp³-hybridized carbons (Fsp3) is 0.200. The van der Waals surface area contributed by atoms with E-state index in [0.717, 1.165) is 11.8 Å². The van der Waals surface area contributed by atoms with E-state index in [1.165, 1.54) is 47.6 Å². The van der Waals surface area contributed by atoms with Crippen molar-refractivity contribution in [3.63, 3.8) is 0 Å². The van der Waals surface area contributed by atoms with Crippen LogP contribution in [0.2, 0.25) is 0 Å². The molecule has 0 saturated heterocycles. The summed E-state index contributed by atoms with van der Waals surface area (Å²) in [6, 6.07) is 3.88. The second kappa shape index (κ2) is 7.07. The van der Waals surface area contributed by atoms with Crippen LogP contribution < -0.4 is 16.6 Å². The Balaban J connectivity index is 1.88. The first-order chi connectivity index (χ1) is 12.8. The zero-order chi connectivity index (χ0) is 19.7. The van der Waals surface area contributed by atoms with Crippen LogP contribution in [0.1, 0.15) is 0 Å². The van der Waals surface area contributed by atoms with Crippen LogP contribution in [0.25, 0.3) is 11.0 Å². The Hall–Kier alpha value is -3.41. The lowest BCUT2D eigenvalue weighted by atomic mass is 10.2. The average Bonchev–Trinajstić information content (AvgIpc) is 2.83. The van der Waals surface area contributed by atoms with Gasteiger partial charge in [0.05, 0.1) is 21.7 Å². The third-order valence-electron chi connectivity index (χ3n) is 3.85. The number of nitrogens with one attached hydrogen (secondary N) is 2. The smallest absolute Gasteiger partial charge is 0.320 e. The molecule has 0 aliphatic rings. The lowest BCUT2D eigenvalue weighted by Gasteiger charge is -2.07. The quantitative estimate of drug-likeness (QED) is 0.281. The molecular formula is C15H14N6O5S. The second-order valence-corrected chi connectivity index (χ2v) is 6.56. The van der Waals surface area contributed by atoms with Crippen molar-refractivity contribution in [1.82, 2.24) is 19.1 Å². The summed E-state index contributed by atoms with van der Waals surface area (Å²) >= 11 is 0.982. The molecule has 27 heavy (non-hydrogen) atoms. The minimum atomic E-state index is -0.629. The van der Waals surface area contributed by atoms with Crippen molar-refractivity contribution in [2.45, 2.75) is 5.16 Å². The number of H-pyrrole nitrogens is 1. The molecule has 0 atom stereocenters. The zero-order valence-electron chi connectivity index (χ0n) is 14.3. The monoisotopic (exact) mass is 390 g/mol. The molecule has 0 saturated carbocycles. The number of carbonyl (C=O) groups excluding carboxylic acids is 1. The molecule has 11 nitrogen and oxygen atoms in total. The highest BCUT2D eigenvalue weighted by Crippen LogP contribution is 2.29. The largest absolute Gasteiger partial charge is 0.328 e. The van der Waals surface area contributed by atoms with Gasteiger partial charge in [-0.2, -0.15) is 0 Å². The van der Waals surface area contributed by atoms with Gasteiger partial charge in [-0.15, -0.1) is 0 Å². The minimum Gasteiger partial charge on any atom is -0.320 e. The molecule has 12 heteroatoms. The van der Waals surface area contributed by atoms with E-state index in [2.05, 4.69) is 15.3 Å². The maximum Gasteiger partial charge on any atom is 0.328 e. The maximum absolute atomic E-state index is 12.2. The third-order valence-corrected chi connectivity index (χ3v) is 4.74. The van der Waals surface area contributed by atoms with E-state index in [4.69, 9.17) is 0 Å². The van der Waals surface area contributed by atoms with Crippen LogP contribution in [-0.4, -0.2) is 35.7 Å². The van der Waals surface area contributed by atoms with Gasteiger partial charge in [-0.3, -0.25) is 28.8 Å². The molecule has 0 aliphatic carbocycles. The molecule has 1 aromatic carbocycles. The molecule has 3 rings (SSSR count). The van der Waals surface area contributed by atoms with Crippen molar-refractivity contribution in [1.29, 1.82) is 0 Å². The third kappa shape index (κ3) is 3.60. The first-order valence-electron chi connectivity index (χ1n) is 7.59. The highest BCUT2D eigenvalue weighted by Gasteiger charge is 2.21. The number of aromatic amines is 1. The van der Waals surface area contributed by atoms with Crippen LogP contribution in [0.5, 0.6) is 0 Å². The summed E-state index contributed by atoms with van der Waals surface area (Å²) in [7, 11) is 3.05. The number of nitrogens with zero attached hydrogens (tertiary/aromatic N) is 4. The Morgan fingerprint density at radius 1 is 1.30 bits per heavy atom. The number of aromatic nitrogens is 4. The van der Waals surface area contributed by atoms with Crippen molar-refractivity contribution in [2.24, 2.45) is 14.1 Å². The van der Waals surface area contributed by atoms with Gasteiger partial charge in [0.15, 0.2) is 5.16 Å². The Morgan fingerprint density at radius 2 is 1.96 bits per heavy atom. The minimum absolute atomic E-state index is 0.0196. The molecule has 3 aromatic rings. The van der Waals surface area contributed by atoms with E-state index in [9.17, 15) is 24.5 Å². The number of aryl methyl sites for hydroxylation is 2. The fourth-order valence-electron chi connectivity index (χ4n) is 2.53. The summed E-state index contributed by atoms with van der Waals surface area (Å²) in [5.74, 6) is -0.634. The van der Waals surface area contributed by atoms with Crippen LogP contribution in [-0.2, 0) is 18.9 Å². The number of amides is 1. The van der Waals surface area contributed by atoms with Crippen LogP contribution in [0.15, 0.2) is 39.1 Å². The van der Waals surface area contributed by atoms with E-state index in [1.807, 2.05) is 0 Å². The summed E-state index contributed by atoms with van der Waals surface area (Å²) in [5.41, 5.74) is -0.198. The first-order valence-corrected chi connectivity index (χ1v) is 8.58. The number of nitro groups is 1. The van der Waals surface area contributed by atoms with E-state index in [0.29, 0.717) is 11.0 Å². The molecule has 0 radical (unpaired) electrons. The van der Waals surface area contributed by atoms with Gasteiger partial charge in [0.25, 0.3) is 11.2 Å². The lowest BCUT2D eigenvalue weighted by molar-refractivity contribution is -0.383. The standard InChI is InChI=1S/C15H14N6O5S/c1-19-10-5-8(9(21(25)26)6-11(10)20(2)15(19)24)17-13(23)7-27-14-16-4-3-12(22)18-14/h3-6H,7H2,1-2H3,(H,17,23)(H,16,18,22). The fourth-order valence-corrected chi connectivity index (χ4v) is 3.18. The molecule has 2 N–H and O–H groups in total. The Morgan fingerprint density at radius 3 is 2.59 bits per heavy atom. The summed E-state index contributed by atoms with van der Waals surface area (Å²) in [5, 5.41) is 14.1. The summed E-state index contributed by atoms with van der Waals surface area (Å²) in [6.45, 7) is 0. The van der Waals surface area contributed by atoms with Crippen molar-refractivity contribution in [3.8, 4) is 0 Å².